The number of hydrogen-bond donors (Lipinski definition) is 0. The van der Waals surface area contributed by atoms with E-state index in [-0.39, 0.29) is 0 Å². The first-order valence-electron chi connectivity index (χ1n) is 4.72. The van der Waals surface area contributed by atoms with Crippen molar-refractivity contribution in [1.82, 2.24) is 4.90 Å². The monoisotopic (exact) mass is 165 g/mol. The third kappa shape index (κ3) is 0.977. The molecular weight excluding hydrogens is 150 g/mol. The fourth-order valence-corrected chi connectivity index (χ4v) is 2.11. The second kappa shape index (κ2) is 2.61. The van der Waals surface area contributed by atoms with Gasteiger partial charge in [-0.05, 0) is 38.7 Å². The summed E-state index contributed by atoms with van der Waals surface area (Å²) in [4.78, 5) is 13.7. The maximum absolute atomic E-state index is 11.7. The third-order valence-electron chi connectivity index (χ3n) is 2.84. The quantitative estimate of drug-likeness (QED) is 0.579. The maximum Gasteiger partial charge on any atom is 0.250 e. The van der Waals surface area contributed by atoms with Gasteiger partial charge in [0.15, 0.2) is 0 Å². The van der Waals surface area contributed by atoms with Crippen molar-refractivity contribution in [3.63, 3.8) is 0 Å². The van der Waals surface area contributed by atoms with Gasteiger partial charge in [-0.2, -0.15) is 0 Å². The summed E-state index contributed by atoms with van der Waals surface area (Å²) < 4.78 is 0. The van der Waals surface area contributed by atoms with Gasteiger partial charge in [0.05, 0.1) is 0 Å². The van der Waals surface area contributed by atoms with Crippen LogP contribution in [-0.2, 0) is 4.79 Å². The lowest BCUT2D eigenvalue weighted by Gasteiger charge is -2.22. The molecule has 0 N–H and O–H groups in total. The van der Waals surface area contributed by atoms with E-state index in [4.69, 9.17) is 0 Å². The molecule has 2 rings (SSSR count). The number of nitrogens with zero attached hydrogens (tertiary/aromatic N) is 1. The summed E-state index contributed by atoms with van der Waals surface area (Å²) >= 11 is 0. The fraction of sp³-hybridized carbons (Fsp3) is 0.700. The molecule has 0 fully saturated rings. The molecule has 1 heterocycles. The Morgan fingerprint density at radius 3 is 2.67 bits per heavy atom. The summed E-state index contributed by atoms with van der Waals surface area (Å²) in [6.07, 6.45) is 3.38. The van der Waals surface area contributed by atoms with E-state index in [0.717, 1.165) is 25.0 Å². The molecule has 0 saturated carbocycles. The molecule has 0 aromatic heterocycles. The number of hydrogen-bond acceptors (Lipinski definition) is 1. The highest BCUT2D eigenvalue weighted by molar-refractivity contribution is 5.97. The van der Waals surface area contributed by atoms with E-state index >= 15 is 0 Å². The van der Waals surface area contributed by atoms with Crippen molar-refractivity contribution < 1.29 is 4.79 Å². The largest absolute Gasteiger partial charge is 0.332 e. The molecule has 0 atom stereocenters. The highest BCUT2D eigenvalue weighted by Crippen LogP contribution is 2.33. The van der Waals surface area contributed by atoms with Crippen LogP contribution in [0.2, 0.25) is 0 Å². The molecule has 12 heavy (non-hydrogen) atoms. The number of carbonyl (C=O) groups is 1. The average Bonchev–Trinajstić information content (AvgIpc) is 2.53. The van der Waals surface area contributed by atoms with E-state index < -0.39 is 0 Å². The summed E-state index contributed by atoms with van der Waals surface area (Å²) in [5.41, 5.74) is 2.54. The zero-order valence-electron chi connectivity index (χ0n) is 7.76. The zero-order chi connectivity index (χ0) is 8.72. The van der Waals surface area contributed by atoms with E-state index in [1.54, 1.807) is 0 Å². The standard InChI is InChI=1S/C10H15NO/c1-7(2)11-6-8-4-3-5-9(8)10(11)12/h7H,3-6H2,1-2H3. The predicted octanol–water partition coefficient (Wildman–Crippen LogP) is 1.72. The number of rotatable bonds is 1. The van der Waals surface area contributed by atoms with E-state index in [0.29, 0.717) is 11.9 Å². The van der Waals surface area contributed by atoms with E-state index in [2.05, 4.69) is 13.8 Å². The van der Waals surface area contributed by atoms with Crippen molar-refractivity contribution in [2.75, 3.05) is 6.54 Å². The van der Waals surface area contributed by atoms with Crippen LogP contribution in [-0.4, -0.2) is 23.4 Å². The highest BCUT2D eigenvalue weighted by atomic mass is 16.2. The van der Waals surface area contributed by atoms with Crippen molar-refractivity contribution in [3.05, 3.63) is 11.1 Å². The lowest BCUT2D eigenvalue weighted by atomic mass is 10.2. The molecule has 66 valence electrons. The Bertz CT molecular complexity index is 253. The first-order chi connectivity index (χ1) is 5.70. The Morgan fingerprint density at radius 1 is 1.33 bits per heavy atom. The van der Waals surface area contributed by atoms with Crippen LogP contribution < -0.4 is 0 Å². The van der Waals surface area contributed by atoms with E-state index in [9.17, 15) is 4.79 Å². The van der Waals surface area contributed by atoms with Gasteiger partial charge >= 0.3 is 0 Å². The molecule has 2 nitrogen and oxygen atoms in total. The zero-order valence-corrected chi connectivity index (χ0v) is 7.76. The second-order valence-corrected chi connectivity index (χ2v) is 3.96. The molecule has 0 radical (unpaired) electrons. The van der Waals surface area contributed by atoms with Gasteiger partial charge < -0.3 is 4.90 Å². The van der Waals surface area contributed by atoms with Gasteiger partial charge in [0.25, 0.3) is 0 Å². The number of amides is 1. The summed E-state index contributed by atoms with van der Waals surface area (Å²) in [5, 5.41) is 0. The van der Waals surface area contributed by atoms with Crippen LogP contribution in [0.5, 0.6) is 0 Å². The van der Waals surface area contributed by atoms with Crippen LogP contribution in [0.4, 0.5) is 0 Å². The lowest BCUT2D eigenvalue weighted by Crippen LogP contribution is -2.34. The van der Waals surface area contributed by atoms with Gasteiger partial charge in [-0.3, -0.25) is 4.79 Å². The lowest BCUT2D eigenvalue weighted by molar-refractivity contribution is -0.127. The van der Waals surface area contributed by atoms with Crippen molar-refractivity contribution in [2.24, 2.45) is 0 Å². The molecule has 2 heteroatoms. The van der Waals surface area contributed by atoms with E-state index in [1.165, 1.54) is 12.0 Å². The predicted molar refractivity (Wildman–Crippen MR) is 47.7 cm³/mol. The molecule has 1 aliphatic carbocycles. The fourth-order valence-electron chi connectivity index (χ4n) is 2.11. The van der Waals surface area contributed by atoms with Crippen LogP contribution >= 0.6 is 0 Å². The summed E-state index contributed by atoms with van der Waals surface area (Å²) in [6.45, 7) is 5.08. The summed E-state index contributed by atoms with van der Waals surface area (Å²) in [6, 6.07) is 0.364. The van der Waals surface area contributed by atoms with Crippen molar-refractivity contribution in [2.45, 2.75) is 39.2 Å². The molecule has 0 aromatic rings. The van der Waals surface area contributed by atoms with E-state index in [1.807, 2.05) is 4.90 Å². The Morgan fingerprint density at radius 2 is 2.08 bits per heavy atom. The van der Waals surface area contributed by atoms with Gasteiger partial charge in [0, 0.05) is 18.2 Å². The normalized spacial score (nSPS) is 22.9. The average molecular weight is 165 g/mol. The minimum Gasteiger partial charge on any atom is -0.332 e. The van der Waals surface area contributed by atoms with Crippen LogP contribution in [0.25, 0.3) is 0 Å². The Kier molecular flexibility index (Phi) is 1.71. The van der Waals surface area contributed by atoms with Gasteiger partial charge in [0.1, 0.15) is 0 Å². The van der Waals surface area contributed by atoms with Crippen molar-refractivity contribution in [1.29, 1.82) is 0 Å². The van der Waals surface area contributed by atoms with Gasteiger partial charge in [-0.1, -0.05) is 0 Å². The highest BCUT2D eigenvalue weighted by Gasteiger charge is 2.33. The SMILES string of the molecule is CC(C)N1CC2=C(CCC2)C1=O. The van der Waals surface area contributed by atoms with Crippen LogP contribution in [0.3, 0.4) is 0 Å². The Hall–Kier alpha value is -0.790. The molecule has 1 aliphatic heterocycles. The second-order valence-electron chi connectivity index (χ2n) is 3.96. The summed E-state index contributed by atoms with van der Waals surface area (Å²) in [7, 11) is 0. The minimum atomic E-state index is 0.303. The first kappa shape index (κ1) is 7.84. The van der Waals surface area contributed by atoms with Crippen LogP contribution in [0.1, 0.15) is 33.1 Å². The van der Waals surface area contributed by atoms with Gasteiger partial charge in [0.2, 0.25) is 5.91 Å². The molecule has 0 spiro atoms. The first-order valence-corrected chi connectivity index (χ1v) is 4.72. The summed E-state index contributed by atoms with van der Waals surface area (Å²) in [5.74, 6) is 0.303. The topological polar surface area (TPSA) is 20.3 Å². The van der Waals surface area contributed by atoms with Crippen LogP contribution in [0, 0.1) is 0 Å². The molecule has 0 saturated heterocycles. The number of carbonyl (C=O) groups excluding carboxylic acids is 1. The van der Waals surface area contributed by atoms with Gasteiger partial charge in [-0.15, -0.1) is 0 Å². The molecule has 2 aliphatic rings. The molecular formula is C10H15NO. The van der Waals surface area contributed by atoms with Crippen molar-refractivity contribution >= 4 is 5.91 Å². The third-order valence-corrected chi connectivity index (χ3v) is 2.84. The van der Waals surface area contributed by atoms with Gasteiger partial charge in [-0.25, -0.2) is 0 Å². The Labute approximate surface area is 73.2 Å². The molecule has 0 bridgehead atoms. The molecule has 0 aromatic carbocycles. The minimum absolute atomic E-state index is 0.303. The maximum atomic E-state index is 11.7. The molecule has 1 amide bonds. The smallest absolute Gasteiger partial charge is 0.250 e. The Balaban J connectivity index is 2.18. The number of likely N-dealkylation sites (tertiary alicyclic amines) is 1. The van der Waals surface area contributed by atoms with Crippen molar-refractivity contribution in [3.8, 4) is 0 Å². The van der Waals surface area contributed by atoms with Crippen LogP contribution in [0.15, 0.2) is 11.1 Å². The molecule has 0 unspecified atom stereocenters.